The molecule has 1 aliphatic rings. The zero-order chi connectivity index (χ0) is 11.4. The predicted molar refractivity (Wildman–Crippen MR) is 66.9 cm³/mol. The van der Waals surface area contributed by atoms with Crippen LogP contribution in [0.5, 0.6) is 5.75 Å². The Kier molecular flexibility index (Phi) is 3.83. The minimum atomic E-state index is 0.642. The summed E-state index contributed by atoms with van der Waals surface area (Å²) >= 11 is 0. The van der Waals surface area contributed by atoms with Gasteiger partial charge in [-0.1, -0.05) is 19.1 Å². The largest absolute Gasteiger partial charge is 0.497 e. The molecule has 0 saturated carbocycles. The van der Waals surface area contributed by atoms with E-state index in [1.807, 2.05) is 6.07 Å². The van der Waals surface area contributed by atoms with Crippen LogP contribution < -0.4 is 10.1 Å². The van der Waals surface area contributed by atoms with Crippen molar-refractivity contribution in [1.29, 1.82) is 0 Å². The molecule has 0 spiro atoms. The molecule has 1 heterocycles. The molecule has 2 rings (SSSR count). The normalized spacial score (nSPS) is 25.4. The van der Waals surface area contributed by atoms with Crippen LogP contribution in [-0.2, 0) is 6.42 Å². The Labute approximate surface area is 98.0 Å². The molecule has 1 aliphatic heterocycles. The van der Waals surface area contributed by atoms with Crippen LogP contribution in [0.1, 0.15) is 25.3 Å². The molecule has 2 atom stereocenters. The van der Waals surface area contributed by atoms with Crippen molar-refractivity contribution in [2.45, 2.75) is 32.2 Å². The van der Waals surface area contributed by atoms with E-state index in [9.17, 15) is 0 Å². The maximum absolute atomic E-state index is 5.24. The Hall–Kier alpha value is -1.02. The molecule has 2 unspecified atom stereocenters. The highest BCUT2D eigenvalue weighted by atomic mass is 16.5. The number of methoxy groups -OCH3 is 1. The fourth-order valence-electron chi connectivity index (χ4n) is 2.32. The van der Waals surface area contributed by atoms with Gasteiger partial charge in [0.1, 0.15) is 5.75 Å². The highest BCUT2D eigenvalue weighted by Crippen LogP contribution is 2.19. The summed E-state index contributed by atoms with van der Waals surface area (Å²) in [6.45, 7) is 3.48. The Morgan fingerprint density at radius 3 is 2.94 bits per heavy atom. The molecule has 0 radical (unpaired) electrons. The minimum absolute atomic E-state index is 0.642. The van der Waals surface area contributed by atoms with E-state index in [1.165, 1.54) is 18.4 Å². The van der Waals surface area contributed by atoms with Gasteiger partial charge in [0.2, 0.25) is 0 Å². The van der Waals surface area contributed by atoms with E-state index in [0.29, 0.717) is 6.04 Å². The third kappa shape index (κ3) is 2.99. The van der Waals surface area contributed by atoms with Crippen molar-refractivity contribution >= 4 is 0 Å². The Bertz CT molecular complexity index is 329. The second-order valence-corrected chi connectivity index (χ2v) is 4.84. The molecular formula is C14H21NO. The maximum atomic E-state index is 5.24. The summed E-state index contributed by atoms with van der Waals surface area (Å²) in [5.74, 6) is 1.79. The van der Waals surface area contributed by atoms with E-state index >= 15 is 0 Å². The molecule has 2 nitrogen and oxygen atoms in total. The lowest BCUT2D eigenvalue weighted by Crippen LogP contribution is -2.39. The van der Waals surface area contributed by atoms with Gasteiger partial charge in [0.15, 0.2) is 0 Å². The minimum Gasteiger partial charge on any atom is -0.497 e. The number of ether oxygens (including phenoxy) is 1. The van der Waals surface area contributed by atoms with Crippen LogP contribution in [0, 0.1) is 5.92 Å². The first-order chi connectivity index (χ1) is 7.78. The maximum Gasteiger partial charge on any atom is 0.119 e. The average Bonchev–Trinajstić information content (AvgIpc) is 2.32. The highest BCUT2D eigenvalue weighted by molar-refractivity contribution is 5.29. The van der Waals surface area contributed by atoms with Gasteiger partial charge >= 0.3 is 0 Å². The summed E-state index contributed by atoms with van der Waals surface area (Å²) in [6.07, 6.45) is 3.75. The summed E-state index contributed by atoms with van der Waals surface area (Å²) in [4.78, 5) is 0. The second kappa shape index (κ2) is 5.35. The molecule has 1 aromatic rings. The van der Waals surface area contributed by atoms with Crippen LogP contribution in [-0.4, -0.2) is 19.7 Å². The Morgan fingerprint density at radius 2 is 2.25 bits per heavy atom. The number of nitrogens with one attached hydrogen (secondary N) is 1. The van der Waals surface area contributed by atoms with Gasteiger partial charge in [0, 0.05) is 6.04 Å². The van der Waals surface area contributed by atoms with Gasteiger partial charge in [-0.05, 0) is 49.4 Å². The lowest BCUT2D eigenvalue weighted by molar-refractivity contribution is 0.326. The predicted octanol–water partition coefficient (Wildman–Crippen LogP) is 2.63. The van der Waals surface area contributed by atoms with Gasteiger partial charge in [-0.15, -0.1) is 0 Å². The van der Waals surface area contributed by atoms with Crippen molar-refractivity contribution in [2.75, 3.05) is 13.7 Å². The van der Waals surface area contributed by atoms with Crippen LogP contribution in [0.15, 0.2) is 24.3 Å². The molecule has 88 valence electrons. The third-order valence-corrected chi connectivity index (χ3v) is 3.38. The number of hydrogen-bond donors (Lipinski definition) is 1. The second-order valence-electron chi connectivity index (χ2n) is 4.84. The highest BCUT2D eigenvalue weighted by Gasteiger charge is 2.17. The summed E-state index contributed by atoms with van der Waals surface area (Å²) in [5, 5.41) is 3.61. The summed E-state index contributed by atoms with van der Waals surface area (Å²) < 4.78 is 5.24. The molecule has 0 amide bonds. The quantitative estimate of drug-likeness (QED) is 0.843. The van der Waals surface area contributed by atoms with Crippen LogP contribution in [0.25, 0.3) is 0 Å². The number of benzene rings is 1. The molecule has 1 aromatic carbocycles. The zero-order valence-corrected chi connectivity index (χ0v) is 10.2. The molecule has 2 heteroatoms. The Balaban J connectivity index is 1.93. The van der Waals surface area contributed by atoms with Gasteiger partial charge < -0.3 is 10.1 Å². The average molecular weight is 219 g/mol. The van der Waals surface area contributed by atoms with Crippen molar-refractivity contribution in [3.8, 4) is 5.75 Å². The fraction of sp³-hybridized carbons (Fsp3) is 0.571. The van der Waals surface area contributed by atoms with E-state index in [1.54, 1.807) is 7.11 Å². The molecule has 1 saturated heterocycles. The third-order valence-electron chi connectivity index (χ3n) is 3.38. The zero-order valence-electron chi connectivity index (χ0n) is 10.2. The smallest absolute Gasteiger partial charge is 0.119 e. The van der Waals surface area contributed by atoms with Gasteiger partial charge in [-0.3, -0.25) is 0 Å². The first-order valence-corrected chi connectivity index (χ1v) is 6.14. The van der Waals surface area contributed by atoms with Crippen molar-refractivity contribution < 1.29 is 4.74 Å². The van der Waals surface area contributed by atoms with E-state index in [0.717, 1.165) is 24.6 Å². The number of hydrogen-bond acceptors (Lipinski definition) is 2. The fourth-order valence-corrected chi connectivity index (χ4v) is 2.32. The standard InChI is InChI=1S/C14H21NO/c1-11-6-7-13(15-10-11)8-12-4-3-5-14(9-12)16-2/h3-5,9,11,13,15H,6-8,10H2,1-2H3. The molecular weight excluding hydrogens is 198 g/mol. The van der Waals surface area contributed by atoms with E-state index < -0.39 is 0 Å². The van der Waals surface area contributed by atoms with Gasteiger partial charge in [0.25, 0.3) is 0 Å². The molecule has 1 fully saturated rings. The summed E-state index contributed by atoms with van der Waals surface area (Å²) in [7, 11) is 1.72. The topological polar surface area (TPSA) is 21.3 Å². The first kappa shape index (κ1) is 11.5. The lowest BCUT2D eigenvalue weighted by atomic mass is 9.92. The molecule has 0 aromatic heterocycles. The van der Waals surface area contributed by atoms with Crippen LogP contribution in [0.2, 0.25) is 0 Å². The van der Waals surface area contributed by atoms with Crippen LogP contribution in [0.3, 0.4) is 0 Å². The molecule has 0 aliphatic carbocycles. The van der Waals surface area contributed by atoms with Crippen molar-refractivity contribution in [3.63, 3.8) is 0 Å². The SMILES string of the molecule is COc1cccc(CC2CCC(C)CN2)c1. The van der Waals surface area contributed by atoms with Gasteiger partial charge in [-0.2, -0.15) is 0 Å². The number of rotatable bonds is 3. The molecule has 16 heavy (non-hydrogen) atoms. The van der Waals surface area contributed by atoms with Crippen molar-refractivity contribution in [3.05, 3.63) is 29.8 Å². The lowest BCUT2D eigenvalue weighted by Gasteiger charge is -2.27. The summed E-state index contributed by atoms with van der Waals surface area (Å²) in [6, 6.07) is 9.03. The van der Waals surface area contributed by atoms with Crippen LogP contribution >= 0.6 is 0 Å². The first-order valence-electron chi connectivity index (χ1n) is 6.14. The van der Waals surface area contributed by atoms with Crippen LogP contribution in [0.4, 0.5) is 0 Å². The van der Waals surface area contributed by atoms with Crippen molar-refractivity contribution in [1.82, 2.24) is 5.32 Å². The van der Waals surface area contributed by atoms with Gasteiger partial charge in [0.05, 0.1) is 7.11 Å². The number of piperidine rings is 1. The molecule has 1 N–H and O–H groups in total. The van der Waals surface area contributed by atoms with E-state index in [2.05, 4.69) is 30.4 Å². The van der Waals surface area contributed by atoms with Gasteiger partial charge in [-0.25, -0.2) is 0 Å². The Morgan fingerprint density at radius 1 is 1.38 bits per heavy atom. The monoisotopic (exact) mass is 219 g/mol. The van der Waals surface area contributed by atoms with E-state index in [-0.39, 0.29) is 0 Å². The summed E-state index contributed by atoms with van der Waals surface area (Å²) in [5.41, 5.74) is 1.37. The molecule has 0 bridgehead atoms. The van der Waals surface area contributed by atoms with E-state index in [4.69, 9.17) is 4.74 Å². The van der Waals surface area contributed by atoms with Crippen molar-refractivity contribution in [2.24, 2.45) is 5.92 Å².